The molecule has 1 atom stereocenters. The molecule has 1 heterocycles. The van der Waals surface area contributed by atoms with E-state index < -0.39 is 23.5 Å². The van der Waals surface area contributed by atoms with Crippen LogP contribution in [0.15, 0.2) is 53.4 Å². The van der Waals surface area contributed by atoms with E-state index in [0.29, 0.717) is 11.4 Å². The number of nitrogens with zero attached hydrogens (tertiary/aromatic N) is 1. The van der Waals surface area contributed by atoms with E-state index in [1.54, 1.807) is 38.1 Å². The Morgan fingerprint density at radius 3 is 2.52 bits per heavy atom. The second kappa shape index (κ2) is 8.29. The van der Waals surface area contributed by atoms with Crippen molar-refractivity contribution in [2.75, 3.05) is 16.0 Å². The van der Waals surface area contributed by atoms with Crippen molar-refractivity contribution >= 4 is 40.9 Å². The van der Waals surface area contributed by atoms with E-state index in [-0.39, 0.29) is 11.7 Å². The van der Waals surface area contributed by atoms with Gasteiger partial charge in [-0.2, -0.15) is 0 Å². The van der Waals surface area contributed by atoms with Crippen molar-refractivity contribution in [2.24, 2.45) is 0 Å². The van der Waals surface area contributed by atoms with Crippen molar-refractivity contribution in [1.29, 1.82) is 0 Å². The average Bonchev–Trinajstić information content (AvgIpc) is 2.67. The third kappa shape index (κ3) is 4.29. The van der Waals surface area contributed by atoms with Gasteiger partial charge in [-0.25, -0.2) is 0 Å². The number of carbonyl (C=O) groups is 3. The molecule has 0 radical (unpaired) electrons. The fraction of sp³-hybridized carbons (Fsp3) is 0.318. The van der Waals surface area contributed by atoms with Crippen LogP contribution in [0.25, 0.3) is 0 Å². The summed E-state index contributed by atoms with van der Waals surface area (Å²) in [4.78, 5) is 40.4. The molecule has 6 nitrogen and oxygen atoms in total. The molecule has 0 fully saturated rings. The largest absolute Gasteiger partial charge is 0.452 e. The van der Waals surface area contributed by atoms with Crippen molar-refractivity contribution in [2.45, 2.75) is 44.2 Å². The van der Waals surface area contributed by atoms with Crippen molar-refractivity contribution in [3.05, 3.63) is 54.1 Å². The lowest BCUT2D eigenvalue weighted by molar-refractivity contribution is -0.151. The zero-order valence-corrected chi connectivity index (χ0v) is 17.7. The summed E-state index contributed by atoms with van der Waals surface area (Å²) in [6.45, 7) is 6.84. The summed E-state index contributed by atoms with van der Waals surface area (Å²) in [5, 5.41) is 2.81. The first kappa shape index (κ1) is 20.9. The third-order valence-electron chi connectivity index (χ3n) is 4.82. The van der Waals surface area contributed by atoms with Crippen molar-refractivity contribution in [3.63, 3.8) is 0 Å². The number of thioether (sulfide) groups is 1. The molecule has 1 aliphatic rings. The Hall–Kier alpha value is -2.80. The molecule has 29 heavy (non-hydrogen) atoms. The fourth-order valence-electron chi connectivity index (χ4n) is 3.16. The lowest BCUT2D eigenvalue weighted by atomic mass is 9.95. The Kier molecular flexibility index (Phi) is 5.98. The molecule has 2 aromatic rings. The van der Waals surface area contributed by atoms with E-state index in [9.17, 15) is 14.4 Å². The van der Waals surface area contributed by atoms with Crippen LogP contribution in [0.5, 0.6) is 0 Å². The van der Waals surface area contributed by atoms with Crippen molar-refractivity contribution in [3.8, 4) is 0 Å². The summed E-state index contributed by atoms with van der Waals surface area (Å²) in [5.74, 6) is -1.11. The standard InChI is InChI=1S/C22H24N2O4S/c1-14-9-5-8-12-18(14)29-13-19(25)28-15(2)20(26)24-17-11-7-6-10-16(17)23-21(27)22(24,3)4/h5-12,15H,13H2,1-4H3,(H,23,27)/t15-/m1/s1. The van der Waals surface area contributed by atoms with E-state index in [1.807, 2.05) is 31.2 Å². The molecule has 2 aromatic carbocycles. The van der Waals surface area contributed by atoms with Crippen LogP contribution < -0.4 is 10.2 Å². The Morgan fingerprint density at radius 2 is 1.79 bits per heavy atom. The van der Waals surface area contributed by atoms with Crippen LogP contribution in [0.4, 0.5) is 11.4 Å². The highest BCUT2D eigenvalue weighted by Gasteiger charge is 2.45. The molecule has 2 amide bonds. The number of anilines is 2. The molecule has 0 bridgehead atoms. The molecular formula is C22H24N2O4S. The number of hydrogen-bond acceptors (Lipinski definition) is 5. The van der Waals surface area contributed by atoms with Gasteiger partial charge in [0, 0.05) is 4.90 Å². The van der Waals surface area contributed by atoms with Crippen molar-refractivity contribution in [1.82, 2.24) is 0 Å². The highest BCUT2D eigenvalue weighted by molar-refractivity contribution is 8.00. The Bertz CT molecular complexity index is 957. The van der Waals surface area contributed by atoms with Gasteiger partial charge in [-0.1, -0.05) is 30.3 Å². The maximum absolute atomic E-state index is 13.1. The van der Waals surface area contributed by atoms with Gasteiger partial charge in [-0.3, -0.25) is 19.3 Å². The van der Waals surface area contributed by atoms with Gasteiger partial charge in [0.1, 0.15) is 5.54 Å². The molecule has 0 spiro atoms. The number of nitrogens with one attached hydrogen (secondary N) is 1. The van der Waals surface area contributed by atoms with Crippen LogP contribution in [-0.4, -0.2) is 35.2 Å². The average molecular weight is 413 g/mol. The molecule has 152 valence electrons. The van der Waals surface area contributed by atoms with Crippen LogP contribution >= 0.6 is 11.8 Å². The number of fused-ring (bicyclic) bond motifs is 1. The Morgan fingerprint density at radius 1 is 1.14 bits per heavy atom. The van der Waals surface area contributed by atoms with Gasteiger partial charge < -0.3 is 10.1 Å². The maximum atomic E-state index is 13.1. The SMILES string of the molecule is Cc1ccccc1SCC(=O)O[C@H](C)C(=O)N1c2ccccc2NC(=O)C1(C)C. The maximum Gasteiger partial charge on any atom is 0.317 e. The zero-order chi connectivity index (χ0) is 21.2. The Balaban J connectivity index is 1.71. The predicted octanol–water partition coefficient (Wildman–Crippen LogP) is 3.78. The summed E-state index contributed by atoms with van der Waals surface area (Å²) < 4.78 is 5.39. The number of para-hydroxylation sites is 2. The minimum Gasteiger partial charge on any atom is -0.452 e. The van der Waals surface area contributed by atoms with Crippen LogP contribution in [0, 0.1) is 6.92 Å². The molecule has 0 saturated heterocycles. The molecule has 0 saturated carbocycles. The highest BCUT2D eigenvalue weighted by atomic mass is 32.2. The summed E-state index contributed by atoms with van der Waals surface area (Å²) in [7, 11) is 0. The van der Waals surface area contributed by atoms with Crippen LogP contribution in [-0.2, 0) is 19.1 Å². The van der Waals surface area contributed by atoms with Gasteiger partial charge >= 0.3 is 5.97 Å². The molecule has 7 heteroatoms. The summed E-state index contributed by atoms with van der Waals surface area (Å²) >= 11 is 1.37. The lowest BCUT2D eigenvalue weighted by Gasteiger charge is -2.42. The predicted molar refractivity (Wildman–Crippen MR) is 114 cm³/mol. The summed E-state index contributed by atoms with van der Waals surface area (Å²) in [5.41, 5.74) is 1.10. The van der Waals surface area contributed by atoms with Crippen LogP contribution in [0.1, 0.15) is 26.3 Å². The molecule has 1 N–H and O–H groups in total. The van der Waals surface area contributed by atoms with Gasteiger partial charge in [0.2, 0.25) is 5.91 Å². The topological polar surface area (TPSA) is 75.7 Å². The van der Waals surface area contributed by atoms with E-state index in [2.05, 4.69) is 5.32 Å². The lowest BCUT2D eigenvalue weighted by Crippen LogP contribution is -2.60. The molecule has 1 aliphatic heterocycles. The first-order valence-electron chi connectivity index (χ1n) is 9.34. The number of benzene rings is 2. The number of amides is 2. The van der Waals surface area contributed by atoms with E-state index in [1.165, 1.54) is 23.6 Å². The molecule has 3 rings (SSSR count). The van der Waals surface area contributed by atoms with Gasteiger partial charge in [0.25, 0.3) is 5.91 Å². The minimum absolute atomic E-state index is 0.100. The number of aryl methyl sites for hydroxylation is 1. The van der Waals surface area contributed by atoms with Gasteiger partial charge in [0.05, 0.1) is 17.1 Å². The Labute approximate surface area is 174 Å². The zero-order valence-electron chi connectivity index (χ0n) is 16.9. The molecule has 0 aliphatic carbocycles. The van der Waals surface area contributed by atoms with Gasteiger partial charge in [-0.05, 0) is 51.5 Å². The highest BCUT2D eigenvalue weighted by Crippen LogP contribution is 2.37. The first-order valence-corrected chi connectivity index (χ1v) is 10.3. The second-order valence-electron chi connectivity index (χ2n) is 7.39. The van der Waals surface area contributed by atoms with Gasteiger partial charge in [-0.15, -0.1) is 11.8 Å². The molecule has 0 aromatic heterocycles. The van der Waals surface area contributed by atoms with E-state index in [4.69, 9.17) is 4.74 Å². The fourth-order valence-corrected chi connectivity index (χ4v) is 3.98. The first-order chi connectivity index (χ1) is 13.7. The number of carbonyl (C=O) groups excluding carboxylic acids is 3. The minimum atomic E-state index is -1.11. The van der Waals surface area contributed by atoms with Crippen LogP contribution in [0.2, 0.25) is 0 Å². The summed E-state index contributed by atoms with van der Waals surface area (Å²) in [6.07, 6.45) is -1.02. The summed E-state index contributed by atoms with van der Waals surface area (Å²) in [6, 6.07) is 14.8. The van der Waals surface area contributed by atoms with Crippen LogP contribution in [0.3, 0.4) is 0 Å². The number of hydrogen-bond donors (Lipinski definition) is 1. The number of ether oxygens (including phenoxy) is 1. The smallest absolute Gasteiger partial charge is 0.317 e. The second-order valence-corrected chi connectivity index (χ2v) is 8.41. The number of esters is 1. The third-order valence-corrected chi connectivity index (χ3v) is 5.97. The van der Waals surface area contributed by atoms with E-state index in [0.717, 1.165) is 10.5 Å². The van der Waals surface area contributed by atoms with Gasteiger partial charge in [0.15, 0.2) is 6.10 Å². The molecular weight excluding hydrogens is 388 g/mol. The normalized spacial score (nSPS) is 15.9. The van der Waals surface area contributed by atoms with Crippen molar-refractivity contribution < 1.29 is 19.1 Å². The monoisotopic (exact) mass is 412 g/mol. The van der Waals surface area contributed by atoms with E-state index >= 15 is 0 Å². The molecule has 0 unspecified atom stereocenters. The number of rotatable bonds is 5. The quantitative estimate of drug-likeness (QED) is 0.597.